The molecule has 3 N–H and O–H groups in total. The van der Waals surface area contributed by atoms with E-state index in [4.69, 9.17) is 0 Å². The lowest BCUT2D eigenvalue weighted by molar-refractivity contribution is 0.0572. The van der Waals surface area contributed by atoms with Gasteiger partial charge < -0.3 is 15.5 Å². The summed E-state index contributed by atoms with van der Waals surface area (Å²) in [5, 5.41) is 22.8. The number of nitrogens with one attached hydrogen (secondary N) is 1. The number of aliphatic hydroxyl groups is 2. The fourth-order valence-corrected chi connectivity index (χ4v) is 3.50. The third kappa shape index (κ3) is 3.44. The fourth-order valence-electron chi connectivity index (χ4n) is 3.50. The number of aliphatic hydroxyl groups excluding tert-OH is 2. The molecule has 0 radical (unpaired) electrons. The SMILES string of the molecule is CCCNCC1(CN2CC(O)C(O)C2)CCCC1. The molecule has 0 aromatic carbocycles. The minimum absolute atomic E-state index is 0.374. The highest BCUT2D eigenvalue weighted by Gasteiger charge is 2.38. The van der Waals surface area contributed by atoms with Gasteiger partial charge in [0.05, 0.1) is 12.2 Å². The summed E-state index contributed by atoms with van der Waals surface area (Å²) in [4.78, 5) is 2.24. The summed E-state index contributed by atoms with van der Waals surface area (Å²) in [6.45, 7) is 6.67. The Balaban J connectivity index is 1.86. The maximum absolute atomic E-state index is 9.63. The summed E-state index contributed by atoms with van der Waals surface area (Å²) in [6, 6.07) is 0. The molecule has 1 aliphatic carbocycles. The predicted molar refractivity (Wildman–Crippen MR) is 72.5 cm³/mol. The first kappa shape index (κ1) is 14.3. The Bertz CT molecular complexity index is 244. The van der Waals surface area contributed by atoms with Crippen LogP contribution in [-0.4, -0.2) is 60.0 Å². The monoisotopic (exact) mass is 256 g/mol. The van der Waals surface area contributed by atoms with Crippen molar-refractivity contribution < 1.29 is 10.2 Å². The summed E-state index contributed by atoms with van der Waals surface area (Å²) < 4.78 is 0. The normalized spacial score (nSPS) is 32.2. The molecule has 1 saturated heterocycles. The van der Waals surface area contributed by atoms with Crippen LogP contribution in [0.1, 0.15) is 39.0 Å². The fraction of sp³-hybridized carbons (Fsp3) is 1.00. The van der Waals surface area contributed by atoms with Gasteiger partial charge in [0.1, 0.15) is 0 Å². The smallest absolute Gasteiger partial charge is 0.0938 e. The third-order valence-corrected chi connectivity index (χ3v) is 4.48. The van der Waals surface area contributed by atoms with Crippen LogP contribution in [0.25, 0.3) is 0 Å². The van der Waals surface area contributed by atoms with Crippen molar-refractivity contribution in [3.05, 3.63) is 0 Å². The molecule has 0 aromatic rings. The van der Waals surface area contributed by atoms with Crippen molar-refractivity contribution in [1.29, 1.82) is 0 Å². The zero-order valence-electron chi connectivity index (χ0n) is 11.6. The van der Waals surface area contributed by atoms with Gasteiger partial charge >= 0.3 is 0 Å². The van der Waals surface area contributed by atoms with Crippen molar-refractivity contribution in [1.82, 2.24) is 10.2 Å². The molecule has 4 nitrogen and oxygen atoms in total. The lowest BCUT2D eigenvalue weighted by atomic mass is 9.85. The number of rotatable bonds is 6. The molecule has 0 bridgehead atoms. The average Bonchev–Trinajstić information content (AvgIpc) is 2.89. The first-order valence-electron chi connectivity index (χ1n) is 7.44. The van der Waals surface area contributed by atoms with Crippen LogP contribution in [0.4, 0.5) is 0 Å². The lowest BCUT2D eigenvalue weighted by Crippen LogP contribution is -2.42. The number of β-amino-alcohol motifs (C(OH)–C–C–N with tert-alkyl or cyclic N) is 2. The van der Waals surface area contributed by atoms with Crippen LogP contribution in [0, 0.1) is 5.41 Å². The molecule has 2 fully saturated rings. The number of hydrogen-bond acceptors (Lipinski definition) is 4. The van der Waals surface area contributed by atoms with Crippen molar-refractivity contribution in [2.45, 2.75) is 51.2 Å². The van der Waals surface area contributed by atoms with Gasteiger partial charge in [0, 0.05) is 26.2 Å². The van der Waals surface area contributed by atoms with E-state index in [9.17, 15) is 10.2 Å². The average molecular weight is 256 g/mol. The summed E-state index contributed by atoms with van der Waals surface area (Å²) in [5.74, 6) is 0. The van der Waals surface area contributed by atoms with Crippen LogP contribution >= 0.6 is 0 Å². The van der Waals surface area contributed by atoms with E-state index in [-0.39, 0.29) is 0 Å². The van der Waals surface area contributed by atoms with E-state index in [0.29, 0.717) is 18.5 Å². The molecule has 2 atom stereocenters. The minimum atomic E-state index is -0.549. The first-order chi connectivity index (χ1) is 8.65. The topological polar surface area (TPSA) is 55.7 Å². The summed E-state index contributed by atoms with van der Waals surface area (Å²) in [6.07, 6.45) is 5.30. The molecular formula is C14H28N2O2. The molecule has 1 aliphatic heterocycles. The second kappa shape index (κ2) is 6.33. The Hall–Kier alpha value is -0.160. The van der Waals surface area contributed by atoms with Crippen LogP contribution in [0.15, 0.2) is 0 Å². The van der Waals surface area contributed by atoms with E-state index in [1.54, 1.807) is 0 Å². The van der Waals surface area contributed by atoms with Crippen LogP contribution in [-0.2, 0) is 0 Å². The lowest BCUT2D eigenvalue weighted by Gasteiger charge is -2.33. The zero-order chi connectivity index (χ0) is 13.0. The van der Waals surface area contributed by atoms with Crippen molar-refractivity contribution in [3.63, 3.8) is 0 Å². The highest BCUT2D eigenvalue weighted by atomic mass is 16.3. The van der Waals surface area contributed by atoms with Crippen molar-refractivity contribution in [2.75, 3.05) is 32.7 Å². The molecule has 0 aromatic heterocycles. The summed E-state index contributed by atoms with van der Waals surface area (Å²) >= 11 is 0. The molecule has 2 unspecified atom stereocenters. The van der Waals surface area contributed by atoms with Gasteiger partial charge in [-0.3, -0.25) is 4.90 Å². The van der Waals surface area contributed by atoms with Gasteiger partial charge in [-0.05, 0) is 31.2 Å². The van der Waals surface area contributed by atoms with Crippen molar-refractivity contribution in [3.8, 4) is 0 Å². The quantitative estimate of drug-likeness (QED) is 0.609. The number of hydrogen-bond donors (Lipinski definition) is 3. The maximum atomic E-state index is 9.63. The third-order valence-electron chi connectivity index (χ3n) is 4.48. The van der Waals surface area contributed by atoms with Gasteiger partial charge in [-0.1, -0.05) is 19.8 Å². The van der Waals surface area contributed by atoms with E-state index in [0.717, 1.165) is 19.6 Å². The molecule has 2 aliphatic rings. The molecule has 1 saturated carbocycles. The molecule has 106 valence electrons. The Morgan fingerprint density at radius 3 is 2.33 bits per heavy atom. The largest absolute Gasteiger partial charge is 0.389 e. The predicted octanol–water partition coefficient (Wildman–Crippen LogP) is 0.584. The van der Waals surface area contributed by atoms with Crippen molar-refractivity contribution in [2.24, 2.45) is 5.41 Å². The van der Waals surface area contributed by atoms with Crippen LogP contribution in [0.5, 0.6) is 0 Å². The Labute approximate surface area is 110 Å². The van der Waals surface area contributed by atoms with Crippen LogP contribution < -0.4 is 5.32 Å². The zero-order valence-corrected chi connectivity index (χ0v) is 11.6. The standard InChI is InChI=1S/C14H28N2O2/c1-2-7-15-10-14(5-3-4-6-14)11-16-8-12(17)13(18)9-16/h12-13,15,17-18H,2-11H2,1H3. The highest BCUT2D eigenvalue weighted by Crippen LogP contribution is 2.38. The second-order valence-electron chi connectivity index (χ2n) is 6.21. The summed E-state index contributed by atoms with van der Waals surface area (Å²) in [7, 11) is 0. The van der Waals surface area contributed by atoms with Gasteiger partial charge in [-0.25, -0.2) is 0 Å². The maximum Gasteiger partial charge on any atom is 0.0938 e. The highest BCUT2D eigenvalue weighted by molar-refractivity contribution is 4.93. The molecule has 1 heterocycles. The Kier molecular flexibility index (Phi) is 5.01. The van der Waals surface area contributed by atoms with Crippen LogP contribution in [0.2, 0.25) is 0 Å². The van der Waals surface area contributed by atoms with E-state index in [1.807, 2.05) is 0 Å². The van der Waals surface area contributed by atoms with Gasteiger partial charge in [-0.15, -0.1) is 0 Å². The van der Waals surface area contributed by atoms with E-state index < -0.39 is 12.2 Å². The van der Waals surface area contributed by atoms with Gasteiger partial charge in [0.2, 0.25) is 0 Å². The first-order valence-corrected chi connectivity index (χ1v) is 7.44. The molecule has 4 heteroatoms. The molecule has 0 spiro atoms. The van der Waals surface area contributed by atoms with E-state index in [2.05, 4.69) is 17.1 Å². The number of nitrogens with zero attached hydrogens (tertiary/aromatic N) is 1. The molecule has 0 amide bonds. The van der Waals surface area contributed by atoms with Gasteiger partial charge in [-0.2, -0.15) is 0 Å². The summed E-state index contributed by atoms with van der Waals surface area (Å²) in [5.41, 5.74) is 0.374. The number of likely N-dealkylation sites (tertiary alicyclic amines) is 1. The molecule has 2 rings (SSSR count). The van der Waals surface area contributed by atoms with Gasteiger partial charge in [0.25, 0.3) is 0 Å². The van der Waals surface area contributed by atoms with E-state index in [1.165, 1.54) is 32.1 Å². The molecular weight excluding hydrogens is 228 g/mol. The molecule has 18 heavy (non-hydrogen) atoms. The van der Waals surface area contributed by atoms with Crippen LogP contribution in [0.3, 0.4) is 0 Å². The van der Waals surface area contributed by atoms with E-state index >= 15 is 0 Å². The Morgan fingerprint density at radius 2 is 1.78 bits per heavy atom. The Morgan fingerprint density at radius 1 is 1.17 bits per heavy atom. The van der Waals surface area contributed by atoms with Gasteiger partial charge in [0.15, 0.2) is 0 Å². The second-order valence-corrected chi connectivity index (χ2v) is 6.21. The minimum Gasteiger partial charge on any atom is -0.389 e. The van der Waals surface area contributed by atoms with Crippen molar-refractivity contribution >= 4 is 0 Å².